The third-order valence-corrected chi connectivity index (χ3v) is 2.68. The smallest absolute Gasteiger partial charge is 0.133 e. The zero-order valence-electron chi connectivity index (χ0n) is 9.44. The van der Waals surface area contributed by atoms with Crippen LogP contribution in [0, 0.1) is 37.4 Å². The van der Waals surface area contributed by atoms with E-state index in [0.29, 0.717) is 16.7 Å². The highest BCUT2D eigenvalue weighted by atomic mass is 19.1. The molecule has 0 N–H and O–H groups in total. The van der Waals surface area contributed by atoms with Gasteiger partial charge in [-0.05, 0) is 54.8 Å². The number of aryl methyl sites for hydroxylation is 1. The Labute approximate surface area is 97.7 Å². The van der Waals surface area contributed by atoms with Gasteiger partial charge in [0.05, 0.1) is 0 Å². The van der Waals surface area contributed by atoms with Crippen LogP contribution >= 0.6 is 0 Å². The Bertz CT molecular complexity index is 574. The fraction of sp³-hybridized carbons (Fsp3) is 0.143. The van der Waals surface area contributed by atoms with Crippen molar-refractivity contribution in [2.45, 2.75) is 13.8 Å². The number of hydrogen-bond acceptors (Lipinski definition) is 0. The number of hydrogen-bond donors (Lipinski definition) is 0. The first kappa shape index (κ1) is 11.7. The van der Waals surface area contributed by atoms with Crippen molar-refractivity contribution >= 4 is 0 Å². The van der Waals surface area contributed by atoms with Gasteiger partial charge in [0.2, 0.25) is 0 Å². The molecule has 0 aliphatic heterocycles. The van der Waals surface area contributed by atoms with Crippen molar-refractivity contribution in [3.05, 3.63) is 58.9 Å². The van der Waals surface area contributed by atoms with E-state index < -0.39 is 11.6 Å². The lowest BCUT2D eigenvalue weighted by atomic mass is 9.97. The van der Waals surface area contributed by atoms with Crippen molar-refractivity contribution in [2.75, 3.05) is 0 Å². The number of benzene rings is 2. The van der Waals surface area contributed by atoms with Crippen LogP contribution in [0.25, 0.3) is 11.1 Å². The second-order valence-corrected chi connectivity index (χ2v) is 3.91. The molecule has 0 fully saturated rings. The van der Waals surface area contributed by atoms with E-state index >= 15 is 0 Å². The molecule has 3 heteroatoms. The molecule has 2 aromatic carbocycles. The van der Waals surface area contributed by atoms with E-state index in [-0.39, 0.29) is 11.4 Å². The molecular formula is C14H10F3. The van der Waals surface area contributed by atoms with Crippen molar-refractivity contribution < 1.29 is 13.2 Å². The lowest BCUT2D eigenvalue weighted by Gasteiger charge is -2.09. The normalized spacial score (nSPS) is 10.6. The Morgan fingerprint density at radius 2 is 1.76 bits per heavy atom. The van der Waals surface area contributed by atoms with Gasteiger partial charge in [0.1, 0.15) is 17.5 Å². The molecule has 2 rings (SSSR count). The zero-order valence-corrected chi connectivity index (χ0v) is 9.44. The maximum absolute atomic E-state index is 13.7. The average molecular weight is 235 g/mol. The van der Waals surface area contributed by atoms with Crippen molar-refractivity contribution in [1.82, 2.24) is 0 Å². The van der Waals surface area contributed by atoms with E-state index in [1.807, 2.05) is 0 Å². The highest BCUT2D eigenvalue weighted by Crippen LogP contribution is 2.28. The fourth-order valence-electron chi connectivity index (χ4n) is 1.73. The van der Waals surface area contributed by atoms with Crippen LogP contribution in [-0.4, -0.2) is 0 Å². The van der Waals surface area contributed by atoms with Crippen molar-refractivity contribution in [2.24, 2.45) is 0 Å². The predicted octanol–water partition coefficient (Wildman–Crippen LogP) is 4.19. The minimum atomic E-state index is -0.715. The third kappa shape index (κ3) is 2.05. The SMILES string of the molecule is Cc1c[c]c(-c2ccc(F)cc2F)c(C)c1F. The molecule has 0 amide bonds. The quantitative estimate of drug-likeness (QED) is 0.695. The van der Waals surface area contributed by atoms with Gasteiger partial charge in [-0.3, -0.25) is 0 Å². The summed E-state index contributed by atoms with van der Waals surface area (Å²) in [7, 11) is 0. The van der Waals surface area contributed by atoms with Gasteiger partial charge < -0.3 is 0 Å². The van der Waals surface area contributed by atoms with Crippen LogP contribution in [0.4, 0.5) is 13.2 Å². The lowest BCUT2D eigenvalue weighted by molar-refractivity contribution is 0.585. The molecule has 0 atom stereocenters. The molecule has 0 aliphatic carbocycles. The summed E-state index contributed by atoms with van der Waals surface area (Å²) in [5, 5.41) is 0. The van der Waals surface area contributed by atoms with Crippen LogP contribution in [0.2, 0.25) is 0 Å². The van der Waals surface area contributed by atoms with Crippen molar-refractivity contribution in [3.63, 3.8) is 0 Å². The Morgan fingerprint density at radius 3 is 2.41 bits per heavy atom. The first-order valence-corrected chi connectivity index (χ1v) is 5.13. The fourth-order valence-corrected chi connectivity index (χ4v) is 1.73. The van der Waals surface area contributed by atoms with Gasteiger partial charge in [-0.2, -0.15) is 0 Å². The maximum Gasteiger partial charge on any atom is 0.133 e. The van der Waals surface area contributed by atoms with Gasteiger partial charge in [0.15, 0.2) is 0 Å². The summed E-state index contributed by atoms with van der Waals surface area (Å²) < 4.78 is 40.0. The Kier molecular flexibility index (Phi) is 2.92. The topological polar surface area (TPSA) is 0 Å². The van der Waals surface area contributed by atoms with Crippen LogP contribution in [0.15, 0.2) is 24.3 Å². The summed E-state index contributed by atoms with van der Waals surface area (Å²) in [5.41, 5.74) is 1.25. The standard InChI is InChI=1S/C14H10F3/c1-8-3-5-11(9(2)14(8)17)12-6-4-10(15)7-13(12)16/h3-4,6-7H,1-2H3. The summed E-state index contributed by atoms with van der Waals surface area (Å²) in [6.45, 7) is 3.17. The molecule has 0 spiro atoms. The van der Waals surface area contributed by atoms with Gasteiger partial charge in [-0.25, -0.2) is 13.2 Å². The third-order valence-electron chi connectivity index (χ3n) is 2.68. The molecule has 0 unspecified atom stereocenters. The van der Waals surface area contributed by atoms with Gasteiger partial charge in [0.25, 0.3) is 0 Å². The van der Waals surface area contributed by atoms with Gasteiger partial charge in [-0.1, -0.05) is 0 Å². The summed E-state index contributed by atoms with van der Waals surface area (Å²) in [5.74, 6) is -1.76. The summed E-state index contributed by atoms with van der Waals surface area (Å²) >= 11 is 0. The number of halogens is 3. The van der Waals surface area contributed by atoms with E-state index in [0.717, 1.165) is 12.1 Å². The molecule has 2 aromatic rings. The Balaban J connectivity index is 2.65. The van der Waals surface area contributed by atoms with E-state index in [1.165, 1.54) is 12.1 Å². The molecule has 87 valence electrons. The lowest BCUT2D eigenvalue weighted by Crippen LogP contribution is -1.94. The average Bonchev–Trinajstić information content (AvgIpc) is 2.28. The van der Waals surface area contributed by atoms with E-state index in [2.05, 4.69) is 6.07 Å². The number of rotatable bonds is 1. The minimum absolute atomic E-state index is 0.155. The monoisotopic (exact) mass is 235 g/mol. The summed E-state index contributed by atoms with van der Waals surface area (Å²) in [6, 6.07) is 7.49. The molecule has 0 aromatic heterocycles. The molecule has 0 aliphatic rings. The molecule has 17 heavy (non-hydrogen) atoms. The van der Waals surface area contributed by atoms with Crippen LogP contribution in [0.5, 0.6) is 0 Å². The summed E-state index contributed by atoms with van der Waals surface area (Å²) in [4.78, 5) is 0. The molecule has 0 saturated heterocycles. The molecule has 1 radical (unpaired) electrons. The van der Waals surface area contributed by atoms with Crippen LogP contribution < -0.4 is 0 Å². The van der Waals surface area contributed by atoms with Gasteiger partial charge in [-0.15, -0.1) is 0 Å². The first-order chi connectivity index (χ1) is 8.00. The van der Waals surface area contributed by atoms with E-state index in [9.17, 15) is 13.2 Å². The van der Waals surface area contributed by atoms with Crippen molar-refractivity contribution in [1.29, 1.82) is 0 Å². The maximum atomic E-state index is 13.7. The Hall–Kier alpha value is -1.77. The first-order valence-electron chi connectivity index (χ1n) is 5.13. The zero-order chi connectivity index (χ0) is 12.6. The van der Waals surface area contributed by atoms with Crippen LogP contribution in [0.3, 0.4) is 0 Å². The van der Waals surface area contributed by atoms with Crippen LogP contribution in [-0.2, 0) is 0 Å². The summed E-state index contributed by atoms with van der Waals surface area (Å²) in [6.07, 6.45) is 0. The molecule has 0 saturated carbocycles. The Morgan fingerprint density at radius 1 is 1.06 bits per heavy atom. The molecule has 0 nitrogen and oxygen atoms in total. The minimum Gasteiger partial charge on any atom is -0.207 e. The molecular weight excluding hydrogens is 225 g/mol. The second-order valence-electron chi connectivity index (χ2n) is 3.91. The van der Waals surface area contributed by atoms with E-state index in [4.69, 9.17) is 0 Å². The van der Waals surface area contributed by atoms with Gasteiger partial charge in [0, 0.05) is 11.6 Å². The largest absolute Gasteiger partial charge is 0.207 e. The highest BCUT2D eigenvalue weighted by molar-refractivity contribution is 5.67. The van der Waals surface area contributed by atoms with Gasteiger partial charge >= 0.3 is 0 Å². The second kappa shape index (κ2) is 4.24. The van der Waals surface area contributed by atoms with Crippen LogP contribution in [0.1, 0.15) is 11.1 Å². The molecule has 0 bridgehead atoms. The predicted molar refractivity (Wildman–Crippen MR) is 60.1 cm³/mol. The van der Waals surface area contributed by atoms with E-state index in [1.54, 1.807) is 13.8 Å². The van der Waals surface area contributed by atoms with Crippen molar-refractivity contribution in [3.8, 4) is 11.1 Å². The highest BCUT2D eigenvalue weighted by Gasteiger charge is 2.13. The molecule has 0 heterocycles.